The number of ether oxygens (including phenoxy) is 3. The SMILES string of the molecule is COCC/C=C/C1OCCO1. The molecule has 0 unspecified atom stereocenters. The molecular formula is C8H14O3. The molecule has 0 atom stereocenters. The van der Waals surface area contributed by atoms with Crippen LogP contribution in [0.1, 0.15) is 6.42 Å². The van der Waals surface area contributed by atoms with Gasteiger partial charge in [0, 0.05) is 13.7 Å². The summed E-state index contributed by atoms with van der Waals surface area (Å²) < 4.78 is 15.2. The summed E-state index contributed by atoms with van der Waals surface area (Å²) in [5, 5.41) is 0. The van der Waals surface area contributed by atoms with Gasteiger partial charge in [0.05, 0.1) is 13.2 Å². The van der Waals surface area contributed by atoms with Gasteiger partial charge in [0.25, 0.3) is 0 Å². The molecule has 1 saturated heterocycles. The Morgan fingerprint density at radius 1 is 1.45 bits per heavy atom. The molecule has 1 aliphatic rings. The average Bonchev–Trinajstić information content (AvgIpc) is 2.50. The fraction of sp³-hybridized carbons (Fsp3) is 0.750. The van der Waals surface area contributed by atoms with Gasteiger partial charge in [0.2, 0.25) is 0 Å². The van der Waals surface area contributed by atoms with E-state index in [0.717, 1.165) is 13.0 Å². The van der Waals surface area contributed by atoms with Gasteiger partial charge in [-0.2, -0.15) is 0 Å². The minimum absolute atomic E-state index is 0.119. The van der Waals surface area contributed by atoms with Crippen molar-refractivity contribution in [2.45, 2.75) is 12.7 Å². The molecule has 1 fully saturated rings. The highest BCUT2D eigenvalue weighted by atomic mass is 16.7. The quantitative estimate of drug-likeness (QED) is 0.450. The van der Waals surface area contributed by atoms with Gasteiger partial charge in [0.15, 0.2) is 6.29 Å². The van der Waals surface area contributed by atoms with Crippen LogP contribution < -0.4 is 0 Å². The van der Waals surface area contributed by atoms with Crippen LogP contribution in [0.5, 0.6) is 0 Å². The lowest BCUT2D eigenvalue weighted by Gasteiger charge is -2.00. The Balaban J connectivity index is 2.03. The van der Waals surface area contributed by atoms with Gasteiger partial charge in [0.1, 0.15) is 0 Å². The summed E-state index contributed by atoms with van der Waals surface area (Å²) in [5.74, 6) is 0. The maximum Gasteiger partial charge on any atom is 0.177 e. The third-order valence-corrected chi connectivity index (χ3v) is 1.43. The van der Waals surface area contributed by atoms with E-state index < -0.39 is 0 Å². The molecule has 11 heavy (non-hydrogen) atoms. The van der Waals surface area contributed by atoms with Crippen LogP contribution in [-0.4, -0.2) is 33.2 Å². The molecule has 1 heterocycles. The van der Waals surface area contributed by atoms with Gasteiger partial charge < -0.3 is 14.2 Å². The Bertz CT molecular complexity index is 117. The van der Waals surface area contributed by atoms with Crippen molar-refractivity contribution in [3.05, 3.63) is 12.2 Å². The van der Waals surface area contributed by atoms with Crippen LogP contribution >= 0.6 is 0 Å². The lowest BCUT2D eigenvalue weighted by atomic mass is 10.4. The normalized spacial score (nSPS) is 20.1. The first kappa shape index (κ1) is 8.71. The van der Waals surface area contributed by atoms with Crippen molar-refractivity contribution in [3.63, 3.8) is 0 Å². The molecule has 0 radical (unpaired) electrons. The van der Waals surface area contributed by atoms with E-state index in [9.17, 15) is 0 Å². The van der Waals surface area contributed by atoms with Crippen molar-refractivity contribution in [2.24, 2.45) is 0 Å². The van der Waals surface area contributed by atoms with Crippen LogP contribution in [0.3, 0.4) is 0 Å². The predicted octanol–water partition coefficient (Wildman–Crippen LogP) is 0.952. The van der Waals surface area contributed by atoms with E-state index in [1.807, 2.05) is 12.2 Å². The van der Waals surface area contributed by atoms with E-state index in [4.69, 9.17) is 14.2 Å². The summed E-state index contributed by atoms with van der Waals surface area (Å²) >= 11 is 0. The maximum absolute atomic E-state index is 5.18. The van der Waals surface area contributed by atoms with Crippen LogP contribution in [0, 0.1) is 0 Å². The summed E-state index contributed by atoms with van der Waals surface area (Å²) in [6.45, 7) is 2.17. The highest BCUT2D eigenvalue weighted by Gasteiger charge is 2.10. The van der Waals surface area contributed by atoms with Crippen LogP contribution in [0.25, 0.3) is 0 Å². The van der Waals surface area contributed by atoms with E-state index >= 15 is 0 Å². The average molecular weight is 158 g/mol. The molecule has 0 aromatic rings. The van der Waals surface area contributed by atoms with Crippen LogP contribution in [-0.2, 0) is 14.2 Å². The summed E-state index contributed by atoms with van der Waals surface area (Å²) in [7, 11) is 1.69. The minimum atomic E-state index is -0.119. The molecule has 1 rings (SSSR count). The summed E-state index contributed by atoms with van der Waals surface area (Å²) in [5.41, 5.74) is 0. The number of hydrogen-bond acceptors (Lipinski definition) is 3. The molecule has 0 aromatic carbocycles. The molecule has 1 aliphatic heterocycles. The second-order valence-electron chi connectivity index (χ2n) is 2.32. The van der Waals surface area contributed by atoms with Gasteiger partial charge in [-0.1, -0.05) is 6.08 Å². The van der Waals surface area contributed by atoms with Gasteiger partial charge >= 0.3 is 0 Å². The zero-order chi connectivity index (χ0) is 7.94. The van der Waals surface area contributed by atoms with Crippen molar-refractivity contribution in [1.29, 1.82) is 0 Å². The Morgan fingerprint density at radius 2 is 2.18 bits per heavy atom. The Labute approximate surface area is 66.9 Å². The predicted molar refractivity (Wildman–Crippen MR) is 41.3 cm³/mol. The zero-order valence-electron chi connectivity index (χ0n) is 6.79. The molecule has 0 bridgehead atoms. The molecule has 0 amide bonds. The fourth-order valence-corrected chi connectivity index (χ4v) is 0.881. The Hall–Kier alpha value is -0.380. The van der Waals surface area contributed by atoms with Crippen LogP contribution in [0.15, 0.2) is 12.2 Å². The zero-order valence-corrected chi connectivity index (χ0v) is 6.79. The first-order valence-corrected chi connectivity index (χ1v) is 3.82. The second kappa shape index (κ2) is 5.29. The molecule has 0 N–H and O–H groups in total. The van der Waals surface area contributed by atoms with Gasteiger partial charge in [-0.3, -0.25) is 0 Å². The molecule has 0 saturated carbocycles. The summed E-state index contributed by atoms with van der Waals surface area (Å²) in [6, 6.07) is 0. The Morgan fingerprint density at radius 3 is 2.82 bits per heavy atom. The topological polar surface area (TPSA) is 27.7 Å². The molecule has 3 heteroatoms. The molecule has 64 valence electrons. The van der Waals surface area contributed by atoms with Gasteiger partial charge in [-0.05, 0) is 12.5 Å². The van der Waals surface area contributed by atoms with E-state index in [1.165, 1.54) is 0 Å². The maximum atomic E-state index is 5.18. The third kappa shape index (κ3) is 3.51. The lowest BCUT2D eigenvalue weighted by Crippen LogP contribution is -2.01. The van der Waals surface area contributed by atoms with Crippen LogP contribution in [0.2, 0.25) is 0 Å². The number of hydrogen-bond donors (Lipinski definition) is 0. The first-order chi connectivity index (χ1) is 5.43. The highest BCUT2D eigenvalue weighted by molar-refractivity contribution is 4.86. The second-order valence-corrected chi connectivity index (χ2v) is 2.32. The number of methoxy groups -OCH3 is 1. The smallest absolute Gasteiger partial charge is 0.177 e. The summed E-state index contributed by atoms with van der Waals surface area (Å²) in [4.78, 5) is 0. The highest BCUT2D eigenvalue weighted by Crippen LogP contribution is 2.04. The minimum Gasteiger partial charge on any atom is -0.384 e. The Kier molecular flexibility index (Phi) is 4.19. The monoisotopic (exact) mass is 158 g/mol. The van der Waals surface area contributed by atoms with E-state index in [-0.39, 0.29) is 6.29 Å². The van der Waals surface area contributed by atoms with Gasteiger partial charge in [-0.25, -0.2) is 0 Å². The van der Waals surface area contributed by atoms with Crippen molar-refractivity contribution in [3.8, 4) is 0 Å². The molecule has 0 aromatic heterocycles. The fourth-order valence-electron chi connectivity index (χ4n) is 0.881. The summed E-state index contributed by atoms with van der Waals surface area (Å²) in [6.07, 6.45) is 4.73. The molecule has 3 nitrogen and oxygen atoms in total. The van der Waals surface area contributed by atoms with Crippen molar-refractivity contribution in [1.82, 2.24) is 0 Å². The van der Waals surface area contributed by atoms with Crippen molar-refractivity contribution >= 4 is 0 Å². The van der Waals surface area contributed by atoms with Gasteiger partial charge in [-0.15, -0.1) is 0 Å². The van der Waals surface area contributed by atoms with Crippen molar-refractivity contribution < 1.29 is 14.2 Å². The van der Waals surface area contributed by atoms with Crippen molar-refractivity contribution in [2.75, 3.05) is 26.9 Å². The van der Waals surface area contributed by atoms with E-state index in [0.29, 0.717) is 13.2 Å². The lowest BCUT2D eigenvalue weighted by molar-refractivity contribution is -0.00180. The van der Waals surface area contributed by atoms with Crippen LogP contribution in [0.4, 0.5) is 0 Å². The number of rotatable bonds is 4. The molecular weight excluding hydrogens is 144 g/mol. The van der Waals surface area contributed by atoms with E-state index in [1.54, 1.807) is 7.11 Å². The largest absolute Gasteiger partial charge is 0.384 e. The standard InChI is InChI=1S/C8H14O3/c1-9-5-3-2-4-8-10-6-7-11-8/h2,4,8H,3,5-7H2,1H3/b4-2+. The molecule has 0 aliphatic carbocycles. The first-order valence-electron chi connectivity index (χ1n) is 3.82. The molecule has 0 spiro atoms. The third-order valence-electron chi connectivity index (χ3n) is 1.43. The van der Waals surface area contributed by atoms with E-state index in [2.05, 4.69) is 0 Å².